The summed E-state index contributed by atoms with van der Waals surface area (Å²) in [5.74, 6) is 0.468. The molecule has 196 valence electrons. The number of hydrogen-bond acceptors (Lipinski definition) is 6. The summed E-state index contributed by atoms with van der Waals surface area (Å²) in [5.41, 5.74) is 2.64. The van der Waals surface area contributed by atoms with E-state index in [2.05, 4.69) is 12.2 Å². The molecule has 0 spiro atoms. The highest BCUT2D eigenvalue weighted by Gasteiger charge is 2.24. The monoisotopic (exact) mass is 525 g/mol. The van der Waals surface area contributed by atoms with Crippen molar-refractivity contribution in [1.82, 2.24) is 5.32 Å². The number of benzene rings is 3. The quantitative estimate of drug-likeness (QED) is 0.209. The summed E-state index contributed by atoms with van der Waals surface area (Å²) in [6.07, 6.45) is 3.16. The van der Waals surface area contributed by atoms with Crippen LogP contribution in [-0.4, -0.2) is 38.7 Å². The number of nitro groups is 1. The lowest BCUT2D eigenvalue weighted by atomic mass is 10.1. The predicted octanol–water partition coefficient (Wildman–Crippen LogP) is 4.63. The van der Waals surface area contributed by atoms with Gasteiger partial charge in [-0.2, -0.15) is 0 Å². The molecule has 0 heterocycles. The fourth-order valence-corrected chi connectivity index (χ4v) is 4.80. The van der Waals surface area contributed by atoms with Gasteiger partial charge in [0.2, 0.25) is 10.0 Å². The van der Waals surface area contributed by atoms with Crippen molar-refractivity contribution in [3.63, 3.8) is 0 Å². The molecule has 0 saturated heterocycles. The minimum atomic E-state index is -3.73. The molecule has 0 atom stereocenters. The second-order valence-electron chi connectivity index (χ2n) is 8.64. The highest BCUT2D eigenvalue weighted by molar-refractivity contribution is 7.92. The summed E-state index contributed by atoms with van der Waals surface area (Å²) in [7, 11) is -3.73. The standard InChI is InChI=1S/C27H31N3O6S/c1-4-6-21-11-15-24(16-12-21)36-18-17-28-27(31)23-13-9-22(10-14-23)19-29(37(3,34)35)25-7-5-8-26(20(25)2)30(32)33/h5,7-16H,4,6,17-19H2,1-3H3,(H,28,31). The van der Waals surface area contributed by atoms with Gasteiger partial charge in [-0.25, -0.2) is 8.42 Å². The lowest BCUT2D eigenvalue weighted by Crippen LogP contribution is -2.30. The van der Waals surface area contributed by atoms with Crippen molar-refractivity contribution in [1.29, 1.82) is 0 Å². The van der Waals surface area contributed by atoms with Gasteiger partial charge in [-0.3, -0.25) is 19.2 Å². The number of nitrogens with zero attached hydrogens (tertiary/aromatic N) is 2. The molecule has 0 aliphatic rings. The van der Waals surface area contributed by atoms with E-state index in [0.717, 1.165) is 29.2 Å². The lowest BCUT2D eigenvalue weighted by molar-refractivity contribution is -0.385. The first-order valence-electron chi connectivity index (χ1n) is 11.9. The molecule has 0 bridgehead atoms. The second-order valence-corrected chi connectivity index (χ2v) is 10.6. The van der Waals surface area contributed by atoms with Crippen LogP contribution in [0.15, 0.2) is 66.7 Å². The van der Waals surface area contributed by atoms with E-state index in [9.17, 15) is 23.3 Å². The summed E-state index contributed by atoms with van der Waals surface area (Å²) in [6, 6.07) is 18.8. The number of nitrogens with one attached hydrogen (secondary N) is 1. The molecule has 0 unspecified atom stereocenters. The molecule has 10 heteroatoms. The third-order valence-corrected chi connectivity index (χ3v) is 6.93. The van der Waals surface area contributed by atoms with Gasteiger partial charge in [-0.1, -0.05) is 43.7 Å². The Morgan fingerprint density at radius 1 is 1.03 bits per heavy atom. The van der Waals surface area contributed by atoms with Crippen molar-refractivity contribution in [3.8, 4) is 5.75 Å². The topological polar surface area (TPSA) is 119 Å². The Hall–Kier alpha value is -3.92. The number of sulfonamides is 1. The molecule has 0 aliphatic carbocycles. The summed E-state index contributed by atoms with van der Waals surface area (Å²) >= 11 is 0. The molecule has 0 fully saturated rings. The normalized spacial score (nSPS) is 11.1. The average molecular weight is 526 g/mol. The van der Waals surface area contributed by atoms with Crippen LogP contribution in [0.3, 0.4) is 0 Å². The van der Waals surface area contributed by atoms with E-state index in [0.29, 0.717) is 24.3 Å². The van der Waals surface area contributed by atoms with E-state index in [-0.39, 0.29) is 29.4 Å². The number of aryl methyl sites for hydroxylation is 1. The van der Waals surface area contributed by atoms with Crippen LogP contribution in [-0.2, 0) is 23.0 Å². The van der Waals surface area contributed by atoms with E-state index >= 15 is 0 Å². The third kappa shape index (κ3) is 7.53. The molecule has 3 aromatic rings. The predicted molar refractivity (Wildman–Crippen MR) is 144 cm³/mol. The van der Waals surface area contributed by atoms with Crippen LogP contribution in [0.4, 0.5) is 11.4 Å². The number of nitro benzene ring substituents is 1. The molecule has 1 N–H and O–H groups in total. The number of carbonyl (C=O) groups is 1. The zero-order chi connectivity index (χ0) is 27.0. The number of rotatable bonds is 12. The third-order valence-electron chi connectivity index (χ3n) is 5.80. The summed E-state index contributed by atoms with van der Waals surface area (Å²) in [6.45, 7) is 4.26. The van der Waals surface area contributed by atoms with E-state index in [4.69, 9.17) is 4.74 Å². The maximum atomic E-state index is 12.5. The first kappa shape index (κ1) is 27.7. The van der Waals surface area contributed by atoms with Gasteiger partial charge in [-0.05, 0) is 54.8 Å². The van der Waals surface area contributed by atoms with Crippen LogP contribution >= 0.6 is 0 Å². The molecule has 9 nitrogen and oxygen atoms in total. The van der Waals surface area contributed by atoms with Gasteiger partial charge in [0.15, 0.2) is 0 Å². The van der Waals surface area contributed by atoms with Crippen LogP contribution in [0.25, 0.3) is 0 Å². The van der Waals surface area contributed by atoms with Crippen LogP contribution in [0.5, 0.6) is 5.75 Å². The van der Waals surface area contributed by atoms with Crippen LogP contribution in [0.2, 0.25) is 0 Å². The minimum absolute atomic E-state index is 0.0341. The molecule has 0 radical (unpaired) electrons. The van der Waals surface area contributed by atoms with Gasteiger partial charge in [-0.15, -0.1) is 0 Å². The van der Waals surface area contributed by atoms with Crippen molar-refractivity contribution in [2.24, 2.45) is 0 Å². The molecular weight excluding hydrogens is 494 g/mol. The van der Waals surface area contributed by atoms with Gasteiger partial charge < -0.3 is 10.1 Å². The molecule has 3 aromatic carbocycles. The maximum absolute atomic E-state index is 12.5. The van der Waals surface area contributed by atoms with Crippen LogP contribution in [0.1, 0.15) is 40.4 Å². The average Bonchev–Trinajstić information content (AvgIpc) is 2.86. The smallest absolute Gasteiger partial charge is 0.274 e. The van der Waals surface area contributed by atoms with Crippen LogP contribution < -0.4 is 14.4 Å². The van der Waals surface area contributed by atoms with E-state index in [1.165, 1.54) is 30.7 Å². The zero-order valence-corrected chi connectivity index (χ0v) is 22.0. The summed E-state index contributed by atoms with van der Waals surface area (Å²) in [4.78, 5) is 23.3. The Morgan fingerprint density at radius 3 is 2.27 bits per heavy atom. The fourth-order valence-electron chi connectivity index (χ4n) is 3.86. The SMILES string of the molecule is CCCc1ccc(OCCNC(=O)c2ccc(CN(c3cccc([N+](=O)[O-])c3C)S(C)(=O)=O)cc2)cc1. The number of hydrogen-bond donors (Lipinski definition) is 1. The van der Waals surface area contributed by atoms with Gasteiger partial charge in [0.1, 0.15) is 12.4 Å². The second kappa shape index (κ2) is 12.4. The molecule has 1 amide bonds. The Bertz CT molecular complexity index is 1340. The molecule has 37 heavy (non-hydrogen) atoms. The Kier molecular flexibility index (Phi) is 9.24. The van der Waals surface area contributed by atoms with Crippen molar-refractivity contribution in [2.75, 3.05) is 23.7 Å². The fraction of sp³-hybridized carbons (Fsp3) is 0.296. The lowest BCUT2D eigenvalue weighted by Gasteiger charge is -2.24. The maximum Gasteiger partial charge on any atom is 0.274 e. The molecule has 0 saturated carbocycles. The number of carbonyl (C=O) groups excluding carboxylic acids is 1. The van der Waals surface area contributed by atoms with Crippen molar-refractivity contribution < 1.29 is 22.9 Å². The molecular formula is C27H31N3O6S. The Morgan fingerprint density at radius 2 is 1.68 bits per heavy atom. The van der Waals surface area contributed by atoms with Gasteiger partial charge in [0, 0.05) is 11.6 Å². The van der Waals surface area contributed by atoms with Gasteiger partial charge in [0.25, 0.3) is 11.6 Å². The van der Waals surface area contributed by atoms with Gasteiger partial charge in [0.05, 0.1) is 35.5 Å². The zero-order valence-electron chi connectivity index (χ0n) is 21.1. The van der Waals surface area contributed by atoms with E-state index in [1.807, 2.05) is 24.3 Å². The highest BCUT2D eigenvalue weighted by Crippen LogP contribution is 2.31. The Balaban J connectivity index is 1.60. The van der Waals surface area contributed by atoms with Crippen molar-refractivity contribution in [3.05, 3.63) is 99.1 Å². The molecule has 0 aliphatic heterocycles. The largest absolute Gasteiger partial charge is 0.492 e. The summed E-state index contributed by atoms with van der Waals surface area (Å²) < 4.78 is 31.8. The highest BCUT2D eigenvalue weighted by atomic mass is 32.2. The van der Waals surface area contributed by atoms with Crippen molar-refractivity contribution in [2.45, 2.75) is 33.2 Å². The van der Waals surface area contributed by atoms with Crippen LogP contribution in [0, 0.1) is 17.0 Å². The Labute approximate surface area is 217 Å². The first-order valence-corrected chi connectivity index (χ1v) is 13.8. The molecule has 0 aromatic heterocycles. The first-order chi connectivity index (χ1) is 17.6. The van der Waals surface area contributed by atoms with E-state index < -0.39 is 14.9 Å². The summed E-state index contributed by atoms with van der Waals surface area (Å²) in [5, 5.41) is 14.1. The number of amides is 1. The van der Waals surface area contributed by atoms with Crippen molar-refractivity contribution >= 4 is 27.3 Å². The number of ether oxygens (including phenoxy) is 1. The van der Waals surface area contributed by atoms with E-state index in [1.54, 1.807) is 24.3 Å². The number of anilines is 1. The minimum Gasteiger partial charge on any atom is -0.492 e. The molecule has 3 rings (SSSR count). The van der Waals surface area contributed by atoms with Gasteiger partial charge >= 0.3 is 0 Å².